The lowest BCUT2D eigenvalue weighted by atomic mass is 9.96. The molecule has 1 N–H and O–H groups in total. The zero-order chi connectivity index (χ0) is 16.7. The van der Waals surface area contributed by atoms with E-state index >= 15 is 0 Å². The molecule has 1 spiro atoms. The van der Waals surface area contributed by atoms with Crippen LogP contribution in [0.15, 0.2) is 42.5 Å². The number of hydrogen-bond donors (Lipinski definition) is 1. The van der Waals surface area contributed by atoms with Crippen LogP contribution in [0.2, 0.25) is 0 Å². The van der Waals surface area contributed by atoms with Crippen molar-refractivity contribution in [3.8, 4) is 11.3 Å². The van der Waals surface area contributed by atoms with Gasteiger partial charge in [-0.25, -0.2) is 4.39 Å². The maximum atomic E-state index is 14.0. The predicted octanol–water partition coefficient (Wildman–Crippen LogP) is 2.91. The lowest BCUT2D eigenvalue weighted by Crippen LogP contribution is -2.47. The molecule has 3 heterocycles. The number of aromatic nitrogens is 1. The Morgan fingerprint density at radius 1 is 1.21 bits per heavy atom. The van der Waals surface area contributed by atoms with E-state index in [0.717, 1.165) is 31.5 Å². The Morgan fingerprint density at radius 2 is 2.04 bits per heavy atom. The van der Waals surface area contributed by atoms with E-state index in [1.165, 1.54) is 6.07 Å². The quantitative estimate of drug-likeness (QED) is 0.923. The Morgan fingerprint density at radius 3 is 2.79 bits per heavy atom. The standard InChI is InChI=1S/C19H20FN3O/c1-23-12-11-19(18(23)24)10-9-17(22-19)16-8-4-7-15(21-16)13-5-2-3-6-14(13)20/h2-8,17,22H,9-12H2,1H3/t17-,19+/m0/s1. The fourth-order valence-corrected chi connectivity index (χ4v) is 3.85. The molecule has 0 saturated carbocycles. The summed E-state index contributed by atoms with van der Waals surface area (Å²) in [6.07, 6.45) is 2.53. The van der Waals surface area contributed by atoms with Gasteiger partial charge in [0.05, 0.1) is 17.4 Å². The average Bonchev–Trinajstić information content (AvgIpc) is 3.16. The first-order valence-corrected chi connectivity index (χ1v) is 8.34. The molecule has 2 saturated heterocycles. The van der Waals surface area contributed by atoms with E-state index in [4.69, 9.17) is 0 Å². The number of nitrogens with one attached hydrogen (secondary N) is 1. The van der Waals surface area contributed by atoms with Crippen LogP contribution in [0.3, 0.4) is 0 Å². The number of hydrogen-bond acceptors (Lipinski definition) is 3. The first kappa shape index (κ1) is 15.3. The maximum Gasteiger partial charge on any atom is 0.242 e. The number of halogens is 1. The number of amides is 1. The van der Waals surface area contributed by atoms with Gasteiger partial charge in [-0.3, -0.25) is 15.1 Å². The molecule has 0 radical (unpaired) electrons. The number of likely N-dealkylation sites (tertiary alicyclic amines) is 1. The monoisotopic (exact) mass is 325 g/mol. The molecule has 124 valence electrons. The van der Waals surface area contributed by atoms with Crippen LogP contribution in [-0.2, 0) is 4.79 Å². The molecule has 0 unspecified atom stereocenters. The van der Waals surface area contributed by atoms with Crippen molar-refractivity contribution in [2.75, 3.05) is 13.6 Å². The minimum atomic E-state index is -0.435. The van der Waals surface area contributed by atoms with Crippen LogP contribution in [0.5, 0.6) is 0 Å². The summed E-state index contributed by atoms with van der Waals surface area (Å²) in [5.74, 6) is -0.0964. The molecule has 2 aromatic rings. The van der Waals surface area contributed by atoms with Crippen LogP contribution in [0.25, 0.3) is 11.3 Å². The highest BCUT2D eigenvalue weighted by Gasteiger charge is 2.50. The molecule has 4 rings (SSSR count). The van der Waals surface area contributed by atoms with Crippen molar-refractivity contribution < 1.29 is 9.18 Å². The van der Waals surface area contributed by atoms with Gasteiger partial charge in [0.1, 0.15) is 11.4 Å². The van der Waals surface area contributed by atoms with Gasteiger partial charge in [0, 0.05) is 19.2 Å². The summed E-state index contributed by atoms with van der Waals surface area (Å²) in [5, 5.41) is 3.51. The Hall–Kier alpha value is -2.27. The zero-order valence-electron chi connectivity index (χ0n) is 13.6. The van der Waals surface area contributed by atoms with Gasteiger partial charge in [0.2, 0.25) is 5.91 Å². The van der Waals surface area contributed by atoms with E-state index in [-0.39, 0.29) is 17.8 Å². The molecule has 2 atom stereocenters. The number of rotatable bonds is 2. The van der Waals surface area contributed by atoms with Crippen molar-refractivity contribution in [2.45, 2.75) is 30.8 Å². The van der Waals surface area contributed by atoms with Gasteiger partial charge in [0.25, 0.3) is 0 Å². The fourth-order valence-electron chi connectivity index (χ4n) is 3.85. The van der Waals surface area contributed by atoms with Crippen LogP contribution in [-0.4, -0.2) is 34.9 Å². The molecule has 2 fully saturated rings. The van der Waals surface area contributed by atoms with Crippen molar-refractivity contribution >= 4 is 5.91 Å². The average molecular weight is 325 g/mol. The second kappa shape index (κ2) is 5.67. The topological polar surface area (TPSA) is 45.2 Å². The number of carbonyl (C=O) groups excluding carboxylic acids is 1. The number of pyridine rings is 1. The third-order valence-corrected chi connectivity index (χ3v) is 5.22. The van der Waals surface area contributed by atoms with E-state index in [1.807, 2.05) is 31.3 Å². The van der Waals surface area contributed by atoms with Crippen molar-refractivity contribution in [1.29, 1.82) is 0 Å². The summed E-state index contributed by atoms with van der Waals surface area (Å²) in [7, 11) is 1.85. The van der Waals surface area contributed by atoms with Gasteiger partial charge in [-0.2, -0.15) is 0 Å². The Labute approximate surface area is 140 Å². The van der Waals surface area contributed by atoms with Gasteiger partial charge in [0.15, 0.2) is 0 Å². The molecule has 24 heavy (non-hydrogen) atoms. The third-order valence-electron chi connectivity index (χ3n) is 5.22. The summed E-state index contributed by atoms with van der Waals surface area (Å²) < 4.78 is 14.0. The minimum absolute atomic E-state index is 0.0344. The third kappa shape index (κ3) is 2.40. The fraction of sp³-hybridized carbons (Fsp3) is 0.368. The first-order valence-electron chi connectivity index (χ1n) is 8.34. The summed E-state index contributed by atoms with van der Waals surface area (Å²) in [4.78, 5) is 18.9. The first-order chi connectivity index (χ1) is 11.6. The van der Waals surface area contributed by atoms with E-state index in [0.29, 0.717) is 11.3 Å². The second-order valence-corrected chi connectivity index (χ2v) is 6.72. The van der Waals surface area contributed by atoms with Gasteiger partial charge in [-0.1, -0.05) is 18.2 Å². The van der Waals surface area contributed by atoms with Gasteiger partial charge in [-0.05, 0) is 43.5 Å². The van der Waals surface area contributed by atoms with Crippen LogP contribution in [0.1, 0.15) is 31.0 Å². The maximum absolute atomic E-state index is 14.0. The molecular weight excluding hydrogens is 305 g/mol. The van der Waals surface area contributed by atoms with Gasteiger partial charge < -0.3 is 4.90 Å². The molecule has 5 heteroatoms. The lowest BCUT2D eigenvalue weighted by molar-refractivity contribution is -0.131. The van der Waals surface area contributed by atoms with Gasteiger partial charge in [-0.15, -0.1) is 0 Å². The Kier molecular flexibility index (Phi) is 3.61. The van der Waals surface area contributed by atoms with Crippen LogP contribution in [0, 0.1) is 5.82 Å². The largest absolute Gasteiger partial charge is 0.344 e. The molecule has 2 aliphatic rings. The number of benzene rings is 1. The van der Waals surface area contributed by atoms with E-state index in [1.54, 1.807) is 17.0 Å². The number of carbonyl (C=O) groups is 1. The summed E-state index contributed by atoms with van der Waals surface area (Å²) in [5.41, 5.74) is 1.57. The highest BCUT2D eigenvalue weighted by Crippen LogP contribution is 2.38. The van der Waals surface area contributed by atoms with Crippen LogP contribution >= 0.6 is 0 Å². The van der Waals surface area contributed by atoms with E-state index < -0.39 is 5.54 Å². The molecule has 4 nitrogen and oxygen atoms in total. The molecule has 1 aromatic carbocycles. The summed E-state index contributed by atoms with van der Waals surface area (Å²) >= 11 is 0. The molecule has 1 aromatic heterocycles. The molecular formula is C19H20FN3O. The molecule has 0 aliphatic carbocycles. The molecule has 0 bridgehead atoms. The van der Waals surface area contributed by atoms with Crippen LogP contribution < -0.4 is 5.32 Å². The van der Waals surface area contributed by atoms with Crippen molar-refractivity contribution in [1.82, 2.24) is 15.2 Å². The smallest absolute Gasteiger partial charge is 0.242 e. The van der Waals surface area contributed by atoms with E-state index in [2.05, 4.69) is 10.3 Å². The lowest BCUT2D eigenvalue weighted by Gasteiger charge is -2.23. The van der Waals surface area contributed by atoms with Gasteiger partial charge >= 0.3 is 0 Å². The number of likely N-dealkylation sites (N-methyl/N-ethyl adjacent to an activating group) is 1. The Balaban J connectivity index is 1.62. The second-order valence-electron chi connectivity index (χ2n) is 6.72. The summed E-state index contributed by atoms with van der Waals surface area (Å²) in [6.45, 7) is 0.793. The van der Waals surface area contributed by atoms with Crippen LogP contribution in [0.4, 0.5) is 4.39 Å². The summed E-state index contributed by atoms with van der Waals surface area (Å²) in [6, 6.07) is 12.4. The van der Waals surface area contributed by atoms with Crippen molar-refractivity contribution in [3.63, 3.8) is 0 Å². The van der Waals surface area contributed by atoms with Crippen molar-refractivity contribution in [2.24, 2.45) is 0 Å². The predicted molar refractivity (Wildman–Crippen MR) is 89.7 cm³/mol. The molecule has 2 aliphatic heterocycles. The SMILES string of the molecule is CN1CC[C@]2(CC[C@@H](c3cccc(-c4ccccc4F)n3)N2)C1=O. The van der Waals surface area contributed by atoms with Crippen molar-refractivity contribution in [3.05, 3.63) is 54.0 Å². The minimum Gasteiger partial charge on any atom is -0.344 e. The normalized spacial score (nSPS) is 26.5. The highest BCUT2D eigenvalue weighted by molar-refractivity contribution is 5.88. The number of nitrogens with zero attached hydrogens (tertiary/aromatic N) is 2. The molecule has 1 amide bonds. The zero-order valence-corrected chi connectivity index (χ0v) is 13.6. The highest BCUT2D eigenvalue weighted by atomic mass is 19.1. The Bertz CT molecular complexity index is 794. The van der Waals surface area contributed by atoms with E-state index in [9.17, 15) is 9.18 Å².